The number of amides is 2. The summed E-state index contributed by atoms with van der Waals surface area (Å²) in [4.78, 5) is 28.7. The van der Waals surface area contributed by atoms with Crippen LogP contribution >= 0.6 is 11.8 Å². The number of benzene rings is 1. The number of imide groups is 1. The molecule has 4 rings (SSSR count). The average Bonchev–Trinajstić information content (AvgIpc) is 3.29. The molecule has 1 aromatic carbocycles. The van der Waals surface area contributed by atoms with Gasteiger partial charge in [0.05, 0.1) is 0 Å². The molecule has 5 atom stereocenters. The summed E-state index contributed by atoms with van der Waals surface area (Å²) in [6.07, 6.45) is 1.85. The minimum absolute atomic E-state index is 0.00668. The van der Waals surface area contributed by atoms with Crippen LogP contribution in [0.5, 0.6) is 0 Å². The molecule has 0 N–H and O–H groups in total. The number of carbonyl (C=O) groups excluding carboxylic acids is 2. The molecule has 170 valence electrons. The number of ether oxygens (including phenoxy) is 3. The Labute approximate surface area is 194 Å². The normalized spacial score (nSPS) is 33.9. The maximum absolute atomic E-state index is 14.2. The van der Waals surface area contributed by atoms with Crippen molar-refractivity contribution in [1.82, 2.24) is 4.90 Å². The van der Waals surface area contributed by atoms with E-state index in [0.29, 0.717) is 19.1 Å². The van der Waals surface area contributed by atoms with Gasteiger partial charge in [0.25, 0.3) is 0 Å². The van der Waals surface area contributed by atoms with Crippen molar-refractivity contribution >= 4 is 42.3 Å². The summed E-state index contributed by atoms with van der Waals surface area (Å²) in [6, 6.07) is 10.1. The summed E-state index contributed by atoms with van der Waals surface area (Å²) in [5.74, 6) is 0.301. The van der Waals surface area contributed by atoms with Gasteiger partial charge in [0.15, 0.2) is 0 Å². The molecule has 0 spiro atoms. The van der Waals surface area contributed by atoms with Gasteiger partial charge in [-0.2, -0.15) is 0 Å². The van der Waals surface area contributed by atoms with Gasteiger partial charge in [0.1, 0.15) is 0 Å². The molecule has 31 heavy (non-hydrogen) atoms. The molecule has 2 saturated carbocycles. The predicted octanol–water partition coefficient (Wildman–Crippen LogP) is 2.87. The second-order valence-corrected chi connectivity index (χ2v) is 13.3. The second-order valence-electron chi connectivity index (χ2n) is 9.00. The van der Waals surface area contributed by atoms with E-state index in [2.05, 4.69) is 26.0 Å². The average molecular weight is 513 g/mol. The molecule has 1 saturated heterocycles. The van der Waals surface area contributed by atoms with E-state index in [4.69, 9.17) is 14.2 Å². The number of carbonyl (C=O) groups is 2. The number of fused-ring (bicyclic) bond motifs is 2. The first-order valence-corrected chi connectivity index (χ1v) is 13.5. The van der Waals surface area contributed by atoms with E-state index in [0.717, 1.165) is 19.3 Å². The molecule has 0 radical (unpaired) electrons. The van der Waals surface area contributed by atoms with E-state index < -0.39 is 11.6 Å². The fourth-order valence-electron chi connectivity index (χ4n) is 5.69. The molecule has 1 aliphatic heterocycles. The molecule has 2 bridgehead atoms. The number of hydrogen-bond acceptors (Lipinski definition) is 6. The van der Waals surface area contributed by atoms with Crippen molar-refractivity contribution < 1.29 is 23.8 Å². The number of rotatable bonds is 8. The van der Waals surface area contributed by atoms with Gasteiger partial charge in [-0.3, -0.25) is 0 Å². The summed E-state index contributed by atoms with van der Waals surface area (Å²) in [5.41, 5.74) is -0.930. The molecule has 0 aromatic heterocycles. The van der Waals surface area contributed by atoms with Gasteiger partial charge in [-0.1, -0.05) is 0 Å². The molecule has 2 amide bonds. The van der Waals surface area contributed by atoms with Crippen molar-refractivity contribution in [3.63, 3.8) is 0 Å². The summed E-state index contributed by atoms with van der Waals surface area (Å²) in [6.45, 7) is 5.29. The number of hydrogen-bond donors (Lipinski definition) is 0. The monoisotopic (exact) mass is 513 g/mol. The van der Waals surface area contributed by atoms with E-state index in [-0.39, 0.29) is 41.8 Å². The Morgan fingerprint density at radius 3 is 2.61 bits per heavy atom. The van der Waals surface area contributed by atoms with Crippen LogP contribution in [0, 0.1) is 16.7 Å². The third-order valence-electron chi connectivity index (χ3n) is 7.45. The van der Waals surface area contributed by atoms with Crippen LogP contribution in [0.15, 0.2) is 30.3 Å². The van der Waals surface area contributed by atoms with Crippen molar-refractivity contribution in [2.75, 3.05) is 27.4 Å². The van der Waals surface area contributed by atoms with Crippen LogP contribution in [0.3, 0.4) is 0 Å². The Kier molecular flexibility index (Phi) is 6.88. The predicted molar refractivity (Wildman–Crippen MR) is 121 cm³/mol. The zero-order valence-electron chi connectivity index (χ0n) is 18.5. The molecular weight excluding hydrogens is 481 g/mol. The van der Waals surface area contributed by atoms with Crippen molar-refractivity contribution in [2.45, 2.75) is 49.6 Å². The Hall–Kier alpha value is -0.891. The van der Waals surface area contributed by atoms with E-state index in [1.165, 1.54) is 21.1 Å². The Morgan fingerprint density at radius 1 is 1.23 bits per heavy atom. The van der Waals surface area contributed by atoms with Crippen molar-refractivity contribution in [1.29, 1.82) is 0 Å². The fraction of sp³-hybridized carbons (Fsp3) is 0.652. The standard InChI is InChI=1S/C23H31NO5SSe/c1-22(2)15-10-11-23(22,17(14-15)29-13-12-27-3)20(25)24-18(28-4)19(30-21(24)26)31-16-8-6-5-7-9-16/h5-9,15,17-19H,10-14H2,1-4H3/t15-,17-,18-,19-,23+/m1/s1. The minimum atomic E-state index is -0.701. The van der Waals surface area contributed by atoms with Gasteiger partial charge in [0, 0.05) is 0 Å². The summed E-state index contributed by atoms with van der Waals surface area (Å²) < 4.78 is 18.3. The summed E-state index contributed by atoms with van der Waals surface area (Å²) in [7, 11) is 3.24. The van der Waals surface area contributed by atoms with E-state index in [9.17, 15) is 9.59 Å². The molecule has 6 nitrogen and oxygen atoms in total. The quantitative estimate of drug-likeness (QED) is 0.394. The van der Waals surface area contributed by atoms with Crippen LogP contribution in [0.1, 0.15) is 33.1 Å². The van der Waals surface area contributed by atoms with Crippen LogP contribution in [0.25, 0.3) is 0 Å². The topological polar surface area (TPSA) is 65.1 Å². The van der Waals surface area contributed by atoms with Gasteiger partial charge < -0.3 is 0 Å². The zero-order valence-corrected chi connectivity index (χ0v) is 21.1. The SMILES string of the molecule is COCCO[C@@H]1C[C@H]2CC[C@]1(C(=O)N1C(=O)S[C@H]([Se]c3ccccc3)[C@H]1OC)C2(C)C. The maximum atomic E-state index is 14.2. The van der Waals surface area contributed by atoms with E-state index in [1.807, 2.05) is 18.2 Å². The molecule has 1 heterocycles. The van der Waals surface area contributed by atoms with Gasteiger partial charge in [-0.15, -0.1) is 0 Å². The molecule has 1 aromatic rings. The van der Waals surface area contributed by atoms with Crippen LogP contribution in [-0.2, 0) is 19.0 Å². The van der Waals surface area contributed by atoms with Crippen LogP contribution < -0.4 is 4.46 Å². The van der Waals surface area contributed by atoms with Crippen LogP contribution in [0.4, 0.5) is 4.79 Å². The Morgan fingerprint density at radius 2 is 1.97 bits per heavy atom. The fourth-order valence-corrected chi connectivity index (χ4v) is 9.94. The molecule has 8 heteroatoms. The van der Waals surface area contributed by atoms with Gasteiger partial charge >= 0.3 is 195 Å². The first-order chi connectivity index (χ1) is 14.9. The number of thioether (sulfide) groups is 1. The molecule has 3 aliphatic rings. The molecule has 0 unspecified atom stereocenters. The first-order valence-electron chi connectivity index (χ1n) is 10.8. The summed E-state index contributed by atoms with van der Waals surface area (Å²) in [5, 5.41) is -0.198. The number of methoxy groups -OCH3 is 2. The summed E-state index contributed by atoms with van der Waals surface area (Å²) >= 11 is 1.25. The third kappa shape index (κ3) is 3.79. The Balaban J connectivity index is 1.60. The Bertz CT molecular complexity index is 821. The third-order valence-corrected chi connectivity index (χ3v) is 11.5. The second kappa shape index (κ2) is 9.16. The molecule has 3 fully saturated rings. The van der Waals surface area contributed by atoms with Gasteiger partial charge in [0.2, 0.25) is 0 Å². The van der Waals surface area contributed by atoms with E-state index in [1.54, 1.807) is 14.2 Å². The van der Waals surface area contributed by atoms with Crippen LogP contribution in [-0.4, -0.2) is 74.9 Å². The van der Waals surface area contributed by atoms with Gasteiger partial charge in [-0.25, -0.2) is 0 Å². The zero-order chi connectivity index (χ0) is 22.2. The molecule has 2 aliphatic carbocycles. The first kappa shape index (κ1) is 23.3. The van der Waals surface area contributed by atoms with Gasteiger partial charge in [-0.05, 0) is 0 Å². The van der Waals surface area contributed by atoms with E-state index >= 15 is 0 Å². The van der Waals surface area contributed by atoms with Crippen molar-refractivity contribution in [3.8, 4) is 0 Å². The van der Waals surface area contributed by atoms with Crippen molar-refractivity contribution in [3.05, 3.63) is 30.3 Å². The van der Waals surface area contributed by atoms with Crippen LogP contribution in [0.2, 0.25) is 0 Å². The number of nitrogens with zero attached hydrogens (tertiary/aromatic N) is 1. The van der Waals surface area contributed by atoms with Crippen molar-refractivity contribution in [2.24, 2.45) is 16.7 Å². The molecular formula is C23H31NO5SSe.